The van der Waals surface area contributed by atoms with E-state index in [1.54, 1.807) is 13.0 Å². The van der Waals surface area contributed by atoms with E-state index in [-0.39, 0.29) is 11.3 Å². The van der Waals surface area contributed by atoms with E-state index in [4.69, 9.17) is 9.47 Å². The van der Waals surface area contributed by atoms with Crippen molar-refractivity contribution in [2.75, 3.05) is 19.0 Å². The third-order valence-corrected chi connectivity index (χ3v) is 4.82. The van der Waals surface area contributed by atoms with E-state index < -0.39 is 12.1 Å². The molecule has 5 nitrogen and oxygen atoms in total. The zero-order valence-corrected chi connectivity index (χ0v) is 15.6. The summed E-state index contributed by atoms with van der Waals surface area (Å²) >= 11 is 1.40. The molecule has 0 fully saturated rings. The van der Waals surface area contributed by atoms with Gasteiger partial charge in [0.25, 0.3) is 5.91 Å². The van der Waals surface area contributed by atoms with Gasteiger partial charge in [0.15, 0.2) is 0 Å². The van der Waals surface area contributed by atoms with Gasteiger partial charge in [0.05, 0.1) is 12.7 Å². The summed E-state index contributed by atoms with van der Waals surface area (Å²) in [4.78, 5) is 25.2. The molecule has 0 aromatic carbocycles. The summed E-state index contributed by atoms with van der Waals surface area (Å²) in [6.45, 7) is 10.5. The molecule has 1 aromatic heterocycles. The third-order valence-electron chi connectivity index (χ3n) is 3.35. The first-order valence-corrected chi connectivity index (χ1v) is 8.67. The van der Waals surface area contributed by atoms with Crippen LogP contribution in [-0.2, 0) is 19.7 Å². The van der Waals surface area contributed by atoms with Crippen LogP contribution < -0.4 is 5.32 Å². The molecule has 1 N–H and O–H groups in total. The van der Waals surface area contributed by atoms with Gasteiger partial charge in [0.1, 0.15) is 11.1 Å². The highest BCUT2D eigenvalue weighted by Crippen LogP contribution is 2.36. The number of rotatable bonds is 7. The van der Waals surface area contributed by atoms with Crippen molar-refractivity contribution in [3.63, 3.8) is 0 Å². The SMILES string of the molecule is CCCCOC(C)C(=O)Nc1sc(C(C)(C)C)cc1C(=O)OC. The van der Waals surface area contributed by atoms with Crippen LogP contribution in [0, 0.1) is 0 Å². The van der Waals surface area contributed by atoms with Gasteiger partial charge >= 0.3 is 5.97 Å². The molecule has 1 atom stereocenters. The fourth-order valence-electron chi connectivity index (χ4n) is 1.81. The minimum atomic E-state index is -0.563. The molecular weight excluding hydrogens is 314 g/mol. The number of hydrogen-bond donors (Lipinski definition) is 1. The summed E-state index contributed by atoms with van der Waals surface area (Å²) in [6, 6.07) is 1.79. The highest BCUT2D eigenvalue weighted by atomic mass is 32.1. The number of esters is 1. The van der Waals surface area contributed by atoms with Crippen LogP contribution in [-0.4, -0.2) is 31.7 Å². The lowest BCUT2D eigenvalue weighted by molar-refractivity contribution is -0.126. The molecule has 130 valence electrons. The normalized spacial score (nSPS) is 12.8. The smallest absolute Gasteiger partial charge is 0.340 e. The Kier molecular flexibility index (Phi) is 7.22. The zero-order valence-electron chi connectivity index (χ0n) is 14.8. The molecule has 1 unspecified atom stereocenters. The van der Waals surface area contributed by atoms with E-state index in [0.29, 0.717) is 17.2 Å². The Hall–Kier alpha value is -1.40. The summed E-state index contributed by atoms with van der Waals surface area (Å²) in [5.41, 5.74) is 0.274. The first-order chi connectivity index (χ1) is 10.7. The monoisotopic (exact) mass is 341 g/mol. The number of thiophene rings is 1. The molecule has 23 heavy (non-hydrogen) atoms. The highest BCUT2D eigenvalue weighted by Gasteiger charge is 2.25. The van der Waals surface area contributed by atoms with Gasteiger partial charge in [-0.15, -0.1) is 11.3 Å². The molecule has 0 saturated heterocycles. The number of nitrogens with one attached hydrogen (secondary N) is 1. The number of carbonyl (C=O) groups excluding carboxylic acids is 2. The van der Waals surface area contributed by atoms with E-state index in [0.717, 1.165) is 17.7 Å². The second-order valence-electron chi connectivity index (χ2n) is 6.45. The number of ether oxygens (including phenoxy) is 2. The quantitative estimate of drug-likeness (QED) is 0.602. The average Bonchev–Trinajstić information content (AvgIpc) is 2.90. The Balaban J connectivity index is 2.91. The first kappa shape index (κ1) is 19.6. The number of carbonyl (C=O) groups is 2. The topological polar surface area (TPSA) is 64.6 Å². The number of amides is 1. The lowest BCUT2D eigenvalue weighted by Crippen LogP contribution is -2.28. The maximum absolute atomic E-state index is 12.2. The molecule has 1 rings (SSSR count). The number of methoxy groups -OCH3 is 1. The van der Waals surface area contributed by atoms with Crippen LogP contribution in [0.5, 0.6) is 0 Å². The molecule has 0 aliphatic rings. The summed E-state index contributed by atoms with van der Waals surface area (Å²) < 4.78 is 10.3. The van der Waals surface area contributed by atoms with Crippen molar-refractivity contribution < 1.29 is 19.1 Å². The molecule has 0 spiro atoms. The van der Waals surface area contributed by atoms with Crippen molar-refractivity contribution in [3.8, 4) is 0 Å². The van der Waals surface area contributed by atoms with Crippen LogP contribution in [0.3, 0.4) is 0 Å². The molecule has 0 radical (unpaired) electrons. The van der Waals surface area contributed by atoms with Gasteiger partial charge in [-0.05, 0) is 24.8 Å². The molecular formula is C17H27NO4S. The van der Waals surface area contributed by atoms with Crippen molar-refractivity contribution in [1.82, 2.24) is 0 Å². The molecule has 0 bridgehead atoms. The second-order valence-corrected chi connectivity index (χ2v) is 7.50. The second kappa shape index (κ2) is 8.45. The van der Waals surface area contributed by atoms with Crippen molar-refractivity contribution in [1.29, 1.82) is 0 Å². The summed E-state index contributed by atoms with van der Waals surface area (Å²) in [5, 5.41) is 3.31. The summed E-state index contributed by atoms with van der Waals surface area (Å²) in [7, 11) is 1.33. The Morgan fingerprint density at radius 3 is 2.52 bits per heavy atom. The molecule has 0 aliphatic heterocycles. The highest BCUT2D eigenvalue weighted by molar-refractivity contribution is 7.16. The van der Waals surface area contributed by atoms with Crippen molar-refractivity contribution in [2.45, 2.75) is 59.0 Å². The number of hydrogen-bond acceptors (Lipinski definition) is 5. The average molecular weight is 341 g/mol. The van der Waals surface area contributed by atoms with E-state index >= 15 is 0 Å². The van der Waals surface area contributed by atoms with Gasteiger partial charge < -0.3 is 14.8 Å². The first-order valence-electron chi connectivity index (χ1n) is 7.85. The van der Waals surface area contributed by atoms with Crippen molar-refractivity contribution >= 4 is 28.2 Å². The van der Waals surface area contributed by atoms with Gasteiger partial charge in [-0.3, -0.25) is 4.79 Å². The molecule has 1 amide bonds. The van der Waals surface area contributed by atoms with E-state index in [9.17, 15) is 9.59 Å². The summed E-state index contributed by atoms with van der Waals surface area (Å²) in [6.07, 6.45) is 1.37. The lowest BCUT2D eigenvalue weighted by atomic mass is 9.94. The van der Waals surface area contributed by atoms with Gasteiger partial charge in [-0.1, -0.05) is 34.1 Å². The third kappa shape index (κ3) is 5.62. The molecule has 1 aromatic rings. The lowest BCUT2D eigenvalue weighted by Gasteiger charge is -2.15. The van der Waals surface area contributed by atoms with Crippen LogP contribution >= 0.6 is 11.3 Å². The van der Waals surface area contributed by atoms with Crippen molar-refractivity contribution in [2.24, 2.45) is 0 Å². The van der Waals surface area contributed by atoms with Gasteiger partial charge in [0.2, 0.25) is 0 Å². The van der Waals surface area contributed by atoms with Gasteiger partial charge in [-0.25, -0.2) is 4.79 Å². The molecule has 1 heterocycles. The molecule has 6 heteroatoms. The Bertz CT molecular complexity index is 545. The van der Waals surface area contributed by atoms with Crippen LogP contribution in [0.25, 0.3) is 0 Å². The minimum absolute atomic E-state index is 0.111. The number of anilines is 1. The fraction of sp³-hybridized carbons (Fsp3) is 0.647. The molecule has 0 saturated carbocycles. The van der Waals surface area contributed by atoms with Crippen LogP contribution in [0.1, 0.15) is 62.7 Å². The maximum atomic E-state index is 12.2. The van der Waals surface area contributed by atoms with Gasteiger partial charge in [-0.2, -0.15) is 0 Å². The predicted octanol–water partition coefficient (Wildman–Crippen LogP) is 3.98. The number of unbranched alkanes of at least 4 members (excludes halogenated alkanes) is 1. The van der Waals surface area contributed by atoms with Crippen LogP contribution in [0.4, 0.5) is 5.00 Å². The van der Waals surface area contributed by atoms with Gasteiger partial charge in [0, 0.05) is 11.5 Å². The standard InChI is InChI=1S/C17H27NO4S/c1-7-8-9-22-11(2)14(19)18-15-12(16(20)21-6)10-13(23-15)17(3,4)5/h10-11H,7-9H2,1-6H3,(H,18,19). The van der Waals surface area contributed by atoms with E-state index in [1.807, 2.05) is 0 Å². The largest absolute Gasteiger partial charge is 0.465 e. The minimum Gasteiger partial charge on any atom is -0.465 e. The van der Waals surface area contributed by atoms with Crippen LogP contribution in [0.15, 0.2) is 6.07 Å². The molecule has 0 aliphatic carbocycles. The fourth-order valence-corrected chi connectivity index (χ4v) is 2.92. The Morgan fingerprint density at radius 1 is 1.35 bits per heavy atom. The Labute approximate surface area is 142 Å². The Morgan fingerprint density at radius 2 is 2.00 bits per heavy atom. The predicted molar refractivity (Wildman–Crippen MR) is 93.3 cm³/mol. The zero-order chi connectivity index (χ0) is 17.6. The summed E-state index contributed by atoms with van der Waals surface area (Å²) in [5.74, 6) is -0.708. The van der Waals surface area contributed by atoms with E-state index in [1.165, 1.54) is 18.4 Å². The maximum Gasteiger partial charge on any atom is 0.340 e. The van der Waals surface area contributed by atoms with Crippen LogP contribution in [0.2, 0.25) is 0 Å². The van der Waals surface area contributed by atoms with E-state index in [2.05, 4.69) is 33.0 Å². The van der Waals surface area contributed by atoms with Crippen molar-refractivity contribution in [3.05, 3.63) is 16.5 Å².